The number of nitro groups is 1. The number of halogens is 1. The summed E-state index contributed by atoms with van der Waals surface area (Å²) in [6, 6.07) is 3.15. The quantitative estimate of drug-likeness (QED) is 0.297. The fourth-order valence-corrected chi connectivity index (χ4v) is 3.35. The first-order valence-electron chi connectivity index (χ1n) is 9.22. The van der Waals surface area contributed by atoms with Crippen molar-refractivity contribution in [1.82, 2.24) is 29.3 Å². The van der Waals surface area contributed by atoms with Crippen LogP contribution in [-0.2, 0) is 19.6 Å². The number of rotatable bonds is 8. The second-order valence-corrected chi connectivity index (χ2v) is 7.46. The molecule has 4 rings (SSSR count). The molecule has 0 unspecified atom stereocenters. The van der Waals surface area contributed by atoms with Crippen LogP contribution in [0.3, 0.4) is 0 Å². The van der Waals surface area contributed by atoms with Crippen molar-refractivity contribution in [3.8, 4) is 0 Å². The molecule has 0 spiro atoms. The van der Waals surface area contributed by atoms with Gasteiger partial charge in [-0.05, 0) is 39.9 Å². The number of anilines is 1. The van der Waals surface area contributed by atoms with Crippen molar-refractivity contribution in [2.24, 2.45) is 0 Å². The van der Waals surface area contributed by atoms with Gasteiger partial charge in [0.05, 0.1) is 35.9 Å². The lowest BCUT2D eigenvalue weighted by Gasteiger charge is -2.00. The van der Waals surface area contributed by atoms with E-state index in [1.807, 2.05) is 17.8 Å². The van der Waals surface area contributed by atoms with E-state index in [0.29, 0.717) is 18.0 Å². The Kier molecular flexibility index (Phi) is 5.66. The third-order valence-electron chi connectivity index (χ3n) is 4.32. The molecular weight excluding hydrogens is 472 g/mol. The number of nitrogens with zero attached hydrogens (tertiary/aromatic N) is 7. The molecule has 0 saturated carbocycles. The fourth-order valence-electron chi connectivity index (χ4n) is 2.89. The Morgan fingerprint density at radius 2 is 1.97 bits per heavy atom. The molecule has 1 N–H and O–H groups in total. The molecule has 4 heterocycles. The first kappa shape index (κ1) is 20.5. The predicted octanol–water partition coefficient (Wildman–Crippen LogP) is 2.91. The summed E-state index contributed by atoms with van der Waals surface area (Å²) in [6.45, 7) is 3.48. The second-order valence-electron chi connectivity index (χ2n) is 6.61. The minimum absolute atomic E-state index is 0.104. The summed E-state index contributed by atoms with van der Waals surface area (Å²) in [4.78, 5) is 22.8. The van der Waals surface area contributed by atoms with Crippen LogP contribution in [0.5, 0.6) is 0 Å². The van der Waals surface area contributed by atoms with Crippen molar-refractivity contribution in [2.45, 2.75) is 26.6 Å². The number of furan rings is 1. The Bertz CT molecular complexity index is 1240. The number of hydrogen-bond donors (Lipinski definition) is 1. The molecule has 4 aromatic heterocycles. The molecule has 0 aliphatic heterocycles. The van der Waals surface area contributed by atoms with Gasteiger partial charge in [0.1, 0.15) is 16.8 Å². The van der Waals surface area contributed by atoms with Crippen LogP contribution in [0.4, 0.5) is 11.5 Å². The maximum atomic E-state index is 12.5. The number of amides is 1. The summed E-state index contributed by atoms with van der Waals surface area (Å²) in [5.41, 5.74) is 1.53. The standard InChI is InChI=1S/C18H17BrN8O4/c1-2-24-7-12(5-20-24)8-25-9-13(6-21-25)22-18(28)16-4-3-14(31-16)10-26-11-15(19)17(23-26)27(29)30/h3-7,9,11H,2,8,10H2,1H3,(H,22,28). The van der Waals surface area contributed by atoms with Crippen molar-refractivity contribution in [2.75, 3.05) is 5.32 Å². The number of hydrogen-bond acceptors (Lipinski definition) is 7. The van der Waals surface area contributed by atoms with E-state index in [1.54, 1.807) is 29.3 Å². The highest BCUT2D eigenvalue weighted by Crippen LogP contribution is 2.23. The molecule has 0 radical (unpaired) electrons. The van der Waals surface area contributed by atoms with Crippen LogP contribution in [-0.4, -0.2) is 40.2 Å². The van der Waals surface area contributed by atoms with E-state index in [-0.39, 0.29) is 22.6 Å². The fraction of sp³-hybridized carbons (Fsp3) is 0.222. The third-order valence-corrected chi connectivity index (χ3v) is 4.88. The Morgan fingerprint density at radius 3 is 2.68 bits per heavy atom. The van der Waals surface area contributed by atoms with Crippen LogP contribution in [0.15, 0.2) is 52.0 Å². The van der Waals surface area contributed by atoms with Gasteiger partial charge in [0.2, 0.25) is 0 Å². The molecule has 0 fully saturated rings. The number of aromatic nitrogens is 6. The van der Waals surface area contributed by atoms with Gasteiger partial charge in [0.25, 0.3) is 5.91 Å². The molecule has 160 valence electrons. The molecule has 0 atom stereocenters. The minimum Gasteiger partial charge on any atom is -0.454 e. The molecule has 0 saturated heterocycles. The van der Waals surface area contributed by atoms with Crippen LogP contribution in [0, 0.1) is 10.1 Å². The Hall–Kier alpha value is -3.74. The minimum atomic E-state index is -0.586. The number of carbonyl (C=O) groups is 1. The van der Waals surface area contributed by atoms with Crippen molar-refractivity contribution < 1.29 is 14.1 Å². The Balaban J connectivity index is 1.37. The van der Waals surface area contributed by atoms with Crippen molar-refractivity contribution in [1.29, 1.82) is 0 Å². The van der Waals surface area contributed by atoms with E-state index < -0.39 is 10.8 Å². The Morgan fingerprint density at radius 1 is 1.16 bits per heavy atom. The predicted molar refractivity (Wildman–Crippen MR) is 112 cm³/mol. The highest BCUT2D eigenvalue weighted by atomic mass is 79.9. The Labute approximate surface area is 183 Å². The van der Waals surface area contributed by atoms with Crippen LogP contribution in [0.1, 0.15) is 28.8 Å². The van der Waals surface area contributed by atoms with Crippen LogP contribution < -0.4 is 5.32 Å². The molecule has 0 aliphatic carbocycles. The summed E-state index contributed by atoms with van der Waals surface area (Å²) >= 11 is 3.09. The highest BCUT2D eigenvalue weighted by molar-refractivity contribution is 9.10. The lowest BCUT2D eigenvalue weighted by Crippen LogP contribution is -2.10. The molecule has 31 heavy (non-hydrogen) atoms. The monoisotopic (exact) mass is 488 g/mol. The SMILES string of the molecule is CCn1cc(Cn2cc(NC(=O)c3ccc(Cn4cc(Br)c([N+](=O)[O-])n4)o3)cn2)cn1. The first-order valence-corrected chi connectivity index (χ1v) is 10.0. The average molecular weight is 489 g/mol. The first-order chi connectivity index (χ1) is 14.9. The molecule has 0 bridgehead atoms. The molecule has 0 aliphatic rings. The van der Waals surface area contributed by atoms with E-state index in [9.17, 15) is 14.9 Å². The van der Waals surface area contributed by atoms with Crippen molar-refractivity contribution in [3.05, 3.63) is 74.8 Å². The van der Waals surface area contributed by atoms with Gasteiger partial charge in [0.15, 0.2) is 5.76 Å². The van der Waals surface area contributed by atoms with Crippen LogP contribution in [0.25, 0.3) is 0 Å². The largest absolute Gasteiger partial charge is 0.454 e. The zero-order valence-corrected chi connectivity index (χ0v) is 17.9. The molecular formula is C18H17BrN8O4. The van der Waals surface area contributed by atoms with E-state index in [4.69, 9.17) is 4.42 Å². The van der Waals surface area contributed by atoms with Gasteiger partial charge in [-0.15, -0.1) is 0 Å². The number of nitrogens with one attached hydrogen (secondary N) is 1. The van der Waals surface area contributed by atoms with Gasteiger partial charge in [-0.25, -0.2) is 0 Å². The topological polar surface area (TPSA) is 139 Å². The van der Waals surface area contributed by atoms with Crippen LogP contribution >= 0.6 is 15.9 Å². The van der Waals surface area contributed by atoms with Gasteiger partial charge in [-0.3, -0.25) is 14.2 Å². The summed E-state index contributed by atoms with van der Waals surface area (Å²) in [5.74, 6) is -0.188. The number of carbonyl (C=O) groups excluding carboxylic acids is 1. The zero-order valence-electron chi connectivity index (χ0n) is 16.3. The average Bonchev–Trinajstić information content (AvgIpc) is 3.50. The summed E-state index contributed by atoms with van der Waals surface area (Å²) < 4.78 is 10.7. The molecule has 1 amide bonds. The highest BCUT2D eigenvalue weighted by Gasteiger charge is 2.20. The smallest absolute Gasteiger partial charge is 0.404 e. The summed E-state index contributed by atoms with van der Waals surface area (Å²) in [7, 11) is 0. The maximum Gasteiger partial charge on any atom is 0.404 e. The van der Waals surface area contributed by atoms with Gasteiger partial charge < -0.3 is 19.8 Å². The van der Waals surface area contributed by atoms with Crippen molar-refractivity contribution in [3.63, 3.8) is 0 Å². The van der Waals surface area contributed by atoms with E-state index >= 15 is 0 Å². The summed E-state index contributed by atoms with van der Waals surface area (Å²) in [6.07, 6.45) is 8.45. The third kappa shape index (κ3) is 4.71. The van der Waals surface area contributed by atoms with Crippen molar-refractivity contribution >= 4 is 33.3 Å². The molecule has 4 aromatic rings. The van der Waals surface area contributed by atoms with E-state index in [2.05, 4.69) is 36.5 Å². The second kappa shape index (κ2) is 8.55. The number of aryl methyl sites for hydroxylation is 1. The molecule has 12 nitrogen and oxygen atoms in total. The van der Waals surface area contributed by atoms with Gasteiger partial charge >= 0.3 is 5.82 Å². The van der Waals surface area contributed by atoms with E-state index in [0.717, 1.165) is 12.1 Å². The lowest BCUT2D eigenvalue weighted by molar-refractivity contribution is -0.390. The van der Waals surface area contributed by atoms with E-state index in [1.165, 1.54) is 16.9 Å². The van der Waals surface area contributed by atoms with Gasteiger partial charge in [-0.1, -0.05) is 0 Å². The normalized spacial score (nSPS) is 11.0. The van der Waals surface area contributed by atoms with Crippen LogP contribution in [0.2, 0.25) is 0 Å². The van der Waals surface area contributed by atoms with Gasteiger partial charge in [-0.2, -0.15) is 14.9 Å². The lowest BCUT2D eigenvalue weighted by atomic mass is 10.3. The molecule has 0 aromatic carbocycles. The molecule has 13 heteroatoms. The summed E-state index contributed by atoms with van der Waals surface area (Å²) in [5, 5.41) is 25.9. The zero-order chi connectivity index (χ0) is 22.0. The maximum absolute atomic E-state index is 12.5. The van der Waals surface area contributed by atoms with Gasteiger partial charge in [0, 0.05) is 24.5 Å².